The third-order valence-corrected chi connectivity index (χ3v) is 4.89. The van der Waals surface area contributed by atoms with E-state index in [1.807, 2.05) is 6.07 Å². The van der Waals surface area contributed by atoms with Crippen LogP contribution in [0.4, 0.5) is 9.59 Å². The quantitative estimate of drug-likeness (QED) is 0.668. The Balaban J connectivity index is 2.44. The van der Waals surface area contributed by atoms with Crippen molar-refractivity contribution in [3.63, 3.8) is 0 Å². The molecule has 0 aliphatic heterocycles. The van der Waals surface area contributed by atoms with Crippen LogP contribution in [-0.2, 0) is 14.3 Å². The van der Waals surface area contributed by atoms with Crippen LogP contribution in [0.1, 0.15) is 12.8 Å². The molecule has 8 nitrogen and oxygen atoms in total. The van der Waals surface area contributed by atoms with Crippen molar-refractivity contribution in [3.05, 3.63) is 24.4 Å². The van der Waals surface area contributed by atoms with E-state index < -0.39 is 18.2 Å². The largest absolute Gasteiger partial charge is 0.453 e. The number of methoxy groups -OCH3 is 2. The summed E-state index contributed by atoms with van der Waals surface area (Å²) in [4.78, 5) is 38.6. The summed E-state index contributed by atoms with van der Waals surface area (Å²) in [6.07, 6.45) is 0.909. The van der Waals surface area contributed by atoms with Gasteiger partial charge in [0, 0.05) is 25.2 Å². The Bertz CT molecular complexity index is 544. The SMILES string of the molecule is COC(=O)NCCC(CC(=O)SSc1ccccn1)NC(=O)OC. The van der Waals surface area contributed by atoms with Crippen molar-refractivity contribution in [1.29, 1.82) is 0 Å². The molecule has 24 heavy (non-hydrogen) atoms. The second-order valence-corrected chi connectivity index (χ2v) is 6.66. The third kappa shape index (κ3) is 8.63. The van der Waals surface area contributed by atoms with Gasteiger partial charge in [0.2, 0.25) is 5.12 Å². The Kier molecular flexibility index (Phi) is 9.70. The van der Waals surface area contributed by atoms with E-state index in [4.69, 9.17) is 0 Å². The first-order valence-corrected chi connectivity index (χ1v) is 9.14. The summed E-state index contributed by atoms with van der Waals surface area (Å²) in [5, 5.41) is 5.68. The maximum Gasteiger partial charge on any atom is 0.407 e. The Hall–Kier alpha value is -1.94. The molecule has 0 saturated heterocycles. The van der Waals surface area contributed by atoms with Crippen molar-refractivity contribution in [2.75, 3.05) is 20.8 Å². The molecule has 132 valence electrons. The zero-order valence-electron chi connectivity index (χ0n) is 13.3. The molecular weight excluding hydrogens is 354 g/mol. The predicted molar refractivity (Wildman–Crippen MR) is 91.7 cm³/mol. The van der Waals surface area contributed by atoms with Gasteiger partial charge in [0.15, 0.2) is 0 Å². The van der Waals surface area contributed by atoms with Gasteiger partial charge in [0.25, 0.3) is 0 Å². The van der Waals surface area contributed by atoms with Crippen molar-refractivity contribution < 1.29 is 23.9 Å². The van der Waals surface area contributed by atoms with E-state index >= 15 is 0 Å². The summed E-state index contributed by atoms with van der Waals surface area (Å²) >= 11 is 0. The molecule has 0 radical (unpaired) electrons. The van der Waals surface area contributed by atoms with E-state index in [2.05, 4.69) is 25.1 Å². The maximum atomic E-state index is 12.1. The van der Waals surface area contributed by atoms with Crippen LogP contribution in [0.15, 0.2) is 29.4 Å². The average molecular weight is 373 g/mol. The van der Waals surface area contributed by atoms with Gasteiger partial charge in [0.1, 0.15) is 5.03 Å². The molecule has 2 N–H and O–H groups in total. The van der Waals surface area contributed by atoms with Gasteiger partial charge in [-0.15, -0.1) is 0 Å². The lowest BCUT2D eigenvalue weighted by molar-refractivity contribution is -0.111. The number of rotatable bonds is 8. The van der Waals surface area contributed by atoms with Gasteiger partial charge in [-0.3, -0.25) is 4.79 Å². The normalized spacial score (nSPS) is 11.2. The first-order chi connectivity index (χ1) is 11.5. The van der Waals surface area contributed by atoms with Crippen molar-refractivity contribution >= 4 is 38.9 Å². The summed E-state index contributed by atoms with van der Waals surface area (Å²) in [6, 6.07) is 4.97. The summed E-state index contributed by atoms with van der Waals surface area (Å²) in [5.41, 5.74) is 0. The summed E-state index contributed by atoms with van der Waals surface area (Å²) in [6.45, 7) is 0.257. The number of carbonyl (C=O) groups is 3. The summed E-state index contributed by atoms with van der Waals surface area (Å²) in [5.74, 6) is 0. The molecule has 0 aliphatic carbocycles. The fourth-order valence-corrected chi connectivity index (χ4v) is 3.31. The Labute approximate surface area is 147 Å². The molecule has 1 atom stereocenters. The molecule has 1 aromatic heterocycles. The van der Waals surface area contributed by atoms with Gasteiger partial charge in [-0.05, 0) is 40.1 Å². The summed E-state index contributed by atoms with van der Waals surface area (Å²) in [7, 11) is 4.80. The number of nitrogens with zero attached hydrogens (tertiary/aromatic N) is 1. The molecule has 0 aliphatic rings. The molecule has 10 heteroatoms. The van der Waals surface area contributed by atoms with Crippen molar-refractivity contribution in [3.8, 4) is 0 Å². The van der Waals surface area contributed by atoms with Gasteiger partial charge in [-0.1, -0.05) is 6.07 Å². The lowest BCUT2D eigenvalue weighted by Crippen LogP contribution is -2.39. The van der Waals surface area contributed by atoms with Crippen LogP contribution < -0.4 is 10.6 Å². The Morgan fingerprint density at radius 1 is 1.21 bits per heavy atom. The van der Waals surface area contributed by atoms with Crippen molar-refractivity contribution in [2.24, 2.45) is 0 Å². The Morgan fingerprint density at radius 2 is 1.96 bits per heavy atom. The topological polar surface area (TPSA) is 107 Å². The molecule has 1 unspecified atom stereocenters. The van der Waals surface area contributed by atoms with Crippen LogP contribution >= 0.6 is 21.6 Å². The van der Waals surface area contributed by atoms with Crippen LogP contribution in [0.2, 0.25) is 0 Å². The van der Waals surface area contributed by atoms with Gasteiger partial charge in [-0.2, -0.15) is 0 Å². The highest BCUT2D eigenvalue weighted by Crippen LogP contribution is 2.30. The van der Waals surface area contributed by atoms with E-state index in [0.29, 0.717) is 6.42 Å². The molecule has 0 bridgehead atoms. The number of pyridine rings is 1. The minimum absolute atomic E-state index is 0.0997. The van der Waals surface area contributed by atoms with Crippen LogP contribution in [0, 0.1) is 0 Å². The number of aromatic nitrogens is 1. The maximum absolute atomic E-state index is 12.1. The number of hydrogen-bond donors (Lipinski definition) is 2. The predicted octanol–water partition coefficient (Wildman–Crippen LogP) is 2.21. The number of carbonyl (C=O) groups excluding carboxylic acids is 3. The number of nitrogens with one attached hydrogen (secondary N) is 2. The minimum Gasteiger partial charge on any atom is -0.453 e. The number of amides is 2. The molecule has 0 spiro atoms. The van der Waals surface area contributed by atoms with Gasteiger partial charge in [0.05, 0.1) is 14.2 Å². The van der Waals surface area contributed by atoms with Crippen molar-refractivity contribution in [2.45, 2.75) is 23.9 Å². The standard InChI is InChI=1S/C14H19N3O5S2/c1-21-13(19)16-8-6-10(17-14(20)22-2)9-12(18)24-23-11-5-3-4-7-15-11/h3-5,7,10H,6,8-9H2,1-2H3,(H,16,19)(H,17,20). The first-order valence-electron chi connectivity index (χ1n) is 6.99. The molecular formula is C14H19N3O5S2. The highest BCUT2D eigenvalue weighted by atomic mass is 33.1. The average Bonchev–Trinajstić information content (AvgIpc) is 2.60. The van der Waals surface area contributed by atoms with Crippen LogP contribution in [-0.4, -0.2) is 49.1 Å². The smallest absolute Gasteiger partial charge is 0.407 e. The zero-order valence-corrected chi connectivity index (χ0v) is 14.9. The van der Waals surface area contributed by atoms with E-state index in [9.17, 15) is 14.4 Å². The lowest BCUT2D eigenvalue weighted by atomic mass is 10.1. The monoisotopic (exact) mass is 373 g/mol. The molecule has 0 aromatic carbocycles. The molecule has 1 rings (SSSR count). The summed E-state index contributed by atoms with van der Waals surface area (Å²) < 4.78 is 9.00. The molecule has 1 heterocycles. The third-order valence-electron chi connectivity index (χ3n) is 2.73. The highest BCUT2D eigenvalue weighted by Gasteiger charge is 2.18. The van der Waals surface area contributed by atoms with Crippen LogP contribution in [0.3, 0.4) is 0 Å². The van der Waals surface area contributed by atoms with E-state index in [0.717, 1.165) is 15.8 Å². The molecule has 2 amide bonds. The van der Waals surface area contributed by atoms with Gasteiger partial charge in [-0.25, -0.2) is 14.6 Å². The van der Waals surface area contributed by atoms with E-state index in [1.165, 1.54) is 25.0 Å². The van der Waals surface area contributed by atoms with Crippen LogP contribution in [0.5, 0.6) is 0 Å². The second-order valence-electron chi connectivity index (χ2n) is 4.45. The Morgan fingerprint density at radius 3 is 2.58 bits per heavy atom. The lowest BCUT2D eigenvalue weighted by Gasteiger charge is -2.17. The molecule has 0 fully saturated rings. The van der Waals surface area contributed by atoms with E-state index in [-0.39, 0.29) is 18.1 Å². The number of hydrogen-bond acceptors (Lipinski definition) is 8. The van der Waals surface area contributed by atoms with E-state index in [1.54, 1.807) is 18.3 Å². The second kappa shape index (κ2) is 11.6. The minimum atomic E-state index is -0.631. The van der Waals surface area contributed by atoms with Gasteiger partial charge < -0.3 is 20.1 Å². The fourth-order valence-electron chi connectivity index (χ4n) is 1.59. The molecule has 1 aromatic rings. The highest BCUT2D eigenvalue weighted by molar-refractivity contribution is 8.82. The van der Waals surface area contributed by atoms with Gasteiger partial charge >= 0.3 is 12.2 Å². The first kappa shape index (κ1) is 20.1. The van der Waals surface area contributed by atoms with Crippen LogP contribution in [0.25, 0.3) is 0 Å². The number of ether oxygens (including phenoxy) is 2. The zero-order chi connectivity index (χ0) is 17.8. The number of alkyl carbamates (subject to hydrolysis) is 2. The van der Waals surface area contributed by atoms with Crippen molar-refractivity contribution in [1.82, 2.24) is 15.6 Å². The fraction of sp³-hybridized carbons (Fsp3) is 0.429. The molecule has 0 saturated carbocycles.